The molecule has 0 unspecified atom stereocenters. The molecule has 110 valence electrons. The minimum atomic E-state index is 0.185. The summed E-state index contributed by atoms with van der Waals surface area (Å²) in [5.74, 6) is 0.185. The summed E-state index contributed by atoms with van der Waals surface area (Å²) in [6.07, 6.45) is 0. The van der Waals surface area contributed by atoms with Gasteiger partial charge in [-0.1, -0.05) is 18.2 Å². The maximum absolute atomic E-state index is 12.6. The van der Waals surface area contributed by atoms with Crippen LogP contribution in [0.5, 0.6) is 0 Å². The van der Waals surface area contributed by atoms with Crippen LogP contribution < -0.4 is 4.90 Å². The van der Waals surface area contributed by atoms with Gasteiger partial charge < -0.3 is 9.80 Å². The average molecular weight is 300 g/mol. The van der Waals surface area contributed by atoms with Gasteiger partial charge in [-0.2, -0.15) is 0 Å². The second kappa shape index (κ2) is 5.90. The number of nitrogens with zero attached hydrogens (tertiary/aromatic N) is 2. The molecule has 1 amide bonds. The minimum Gasteiger partial charge on any atom is -0.368 e. The quantitative estimate of drug-likeness (QED) is 0.849. The number of amides is 1. The van der Waals surface area contributed by atoms with Crippen molar-refractivity contribution >= 4 is 22.9 Å². The van der Waals surface area contributed by atoms with Crippen LogP contribution in [0.4, 0.5) is 5.69 Å². The number of carbonyl (C=O) groups excluding carboxylic acids is 1. The van der Waals surface area contributed by atoms with Gasteiger partial charge in [0.1, 0.15) is 0 Å². The zero-order chi connectivity index (χ0) is 14.8. The fourth-order valence-electron chi connectivity index (χ4n) is 2.70. The molecular weight excluding hydrogens is 280 g/mol. The largest absolute Gasteiger partial charge is 0.368 e. The van der Waals surface area contributed by atoms with Crippen molar-refractivity contribution in [3.63, 3.8) is 0 Å². The Morgan fingerprint density at radius 2 is 1.71 bits per heavy atom. The van der Waals surface area contributed by atoms with Crippen LogP contribution in [0.25, 0.3) is 0 Å². The zero-order valence-electron chi connectivity index (χ0n) is 12.5. The van der Waals surface area contributed by atoms with E-state index in [0.717, 1.165) is 37.3 Å². The number of rotatable bonds is 2. The number of aryl methyl sites for hydroxylation is 1. The molecule has 0 aliphatic carbocycles. The van der Waals surface area contributed by atoms with E-state index in [4.69, 9.17) is 0 Å². The lowest BCUT2D eigenvalue weighted by Crippen LogP contribution is -2.48. The second-order valence-electron chi connectivity index (χ2n) is 5.45. The number of benzene rings is 1. The van der Waals surface area contributed by atoms with E-state index in [-0.39, 0.29) is 5.91 Å². The van der Waals surface area contributed by atoms with Crippen LogP contribution in [-0.2, 0) is 0 Å². The Morgan fingerprint density at radius 3 is 2.29 bits per heavy atom. The molecule has 4 heteroatoms. The summed E-state index contributed by atoms with van der Waals surface area (Å²) in [5.41, 5.74) is 3.26. The molecule has 2 aromatic rings. The molecule has 0 atom stereocenters. The molecule has 0 saturated carbocycles. The summed E-state index contributed by atoms with van der Waals surface area (Å²) in [5, 5.41) is 2.00. The van der Waals surface area contributed by atoms with Crippen molar-refractivity contribution in [2.45, 2.75) is 13.8 Å². The normalized spacial score (nSPS) is 15.3. The first-order valence-electron chi connectivity index (χ1n) is 7.31. The van der Waals surface area contributed by atoms with Gasteiger partial charge in [0.15, 0.2) is 0 Å². The Labute approximate surface area is 129 Å². The van der Waals surface area contributed by atoms with Crippen molar-refractivity contribution in [1.29, 1.82) is 0 Å². The number of thiophene rings is 1. The van der Waals surface area contributed by atoms with Crippen LogP contribution >= 0.6 is 11.3 Å². The van der Waals surface area contributed by atoms with E-state index in [2.05, 4.69) is 36.1 Å². The summed E-state index contributed by atoms with van der Waals surface area (Å²) in [6, 6.07) is 10.4. The molecule has 1 fully saturated rings. The smallest absolute Gasteiger partial charge is 0.255 e. The van der Waals surface area contributed by atoms with E-state index in [1.165, 1.54) is 10.6 Å². The molecule has 0 radical (unpaired) electrons. The van der Waals surface area contributed by atoms with Gasteiger partial charge in [-0.3, -0.25) is 4.79 Å². The molecule has 0 N–H and O–H groups in total. The average Bonchev–Trinajstić information content (AvgIpc) is 2.87. The lowest BCUT2D eigenvalue weighted by Gasteiger charge is -2.36. The third-order valence-corrected chi connectivity index (χ3v) is 5.22. The van der Waals surface area contributed by atoms with E-state index in [1.54, 1.807) is 11.3 Å². The summed E-state index contributed by atoms with van der Waals surface area (Å²) >= 11 is 1.66. The van der Waals surface area contributed by atoms with Gasteiger partial charge in [0.2, 0.25) is 0 Å². The highest BCUT2D eigenvalue weighted by atomic mass is 32.1. The van der Waals surface area contributed by atoms with Crippen molar-refractivity contribution in [3.05, 3.63) is 51.7 Å². The third-order valence-electron chi connectivity index (χ3n) is 4.20. The predicted octanol–water partition coefficient (Wildman–Crippen LogP) is 3.33. The standard InChI is InChI=1S/C17H20N2OS/c1-13-14(2)21-12-16(13)17(20)19-10-8-18(9-11-19)15-6-4-3-5-7-15/h3-7,12H,8-11H2,1-2H3. The maximum atomic E-state index is 12.6. The van der Waals surface area contributed by atoms with Crippen molar-refractivity contribution < 1.29 is 4.79 Å². The van der Waals surface area contributed by atoms with Crippen LogP contribution in [0.3, 0.4) is 0 Å². The highest BCUT2D eigenvalue weighted by molar-refractivity contribution is 7.10. The summed E-state index contributed by atoms with van der Waals surface area (Å²) in [6.45, 7) is 7.50. The summed E-state index contributed by atoms with van der Waals surface area (Å²) < 4.78 is 0. The number of piperazine rings is 1. The third kappa shape index (κ3) is 2.81. The monoisotopic (exact) mass is 300 g/mol. The van der Waals surface area contributed by atoms with Gasteiger partial charge in [-0.15, -0.1) is 11.3 Å². The van der Waals surface area contributed by atoms with Gasteiger partial charge in [-0.25, -0.2) is 0 Å². The molecular formula is C17H20N2OS. The van der Waals surface area contributed by atoms with Crippen LogP contribution in [0.15, 0.2) is 35.7 Å². The Hall–Kier alpha value is -1.81. The van der Waals surface area contributed by atoms with Gasteiger partial charge >= 0.3 is 0 Å². The number of para-hydroxylation sites is 1. The molecule has 3 nitrogen and oxygen atoms in total. The molecule has 0 spiro atoms. The number of hydrogen-bond donors (Lipinski definition) is 0. The lowest BCUT2D eigenvalue weighted by atomic mass is 10.1. The number of carbonyl (C=O) groups is 1. The topological polar surface area (TPSA) is 23.6 Å². The zero-order valence-corrected chi connectivity index (χ0v) is 13.3. The van der Waals surface area contributed by atoms with E-state index in [9.17, 15) is 4.79 Å². The molecule has 1 aliphatic heterocycles. The van der Waals surface area contributed by atoms with Gasteiger partial charge in [0.05, 0.1) is 5.56 Å². The predicted molar refractivity (Wildman–Crippen MR) is 88.4 cm³/mol. The Morgan fingerprint density at radius 1 is 1.05 bits per heavy atom. The number of hydrogen-bond acceptors (Lipinski definition) is 3. The van der Waals surface area contributed by atoms with Gasteiger partial charge in [0.25, 0.3) is 5.91 Å². The van der Waals surface area contributed by atoms with E-state index < -0.39 is 0 Å². The van der Waals surface area contributed by atoms with Crippen molar-refractivity contribution in [2.24, 2.45) is 0 Å². The fraction of sp³-hybridized carbons (Fsp3) is 0.353. The van der Waals surface area contributed by atoms with Gasteiger partial charge in [-0.05, 0) is 31.5 Å². The first-order chi connectivity index (χ1) is 10.2. The van der Waals surface area contributed by atoms with E-state index in [0.29, 0.717) is 0 Å². The van der Waals surface area contributed by atoms with Crippen LogP contribution in [-0.4, -0.2) is 37.0 Å². The van der Waals surface area contributed by atoms with Crippen molar-refractivity contribution in [1.82, 2.24) is 4.90 Å². The minimum absolute atomic E-state index is 0.185. The van der Waals surface area contributed by atoms with Crippen LogP contribution in [0, 0.1) is 13.8 Å². The maximum Gasteiger partial charge on any atom is 0.255 e. The Bertz CT molecular complexity index is 627. The Kier molecular flexibility index (Phi) is 3.97. The van der Waals surface area contributed by atoms with E-state index in [1.807, 2.05) is 23.3 Å². The summed E-state index contributed by atoms with van der Waals surface area (Å²) in [4.78, 5) is 18.2. The highest BCUT2D eigenvalue weighted by Crippen LogP contribution is 2.23. The van der Waals surface area contributed by atoms with E-state index >= 15 is 0 Å². The highest BCUT2D eigenvalue weighted by Gasteiger charge is 2.24. The van der Waals surface area contributed by atoms with Crippen LogP contribution in [0.1, 0.15) is 20.8 Å². The molecule has 3 rings (SSSR count). The molecule has 1 aromatic carbocycles. The molecule has 2 heterocycles. The molecule has 0 bridgehead atoms. The van der Waals surface area contributed by atoms with Gasteiger partial charge in [0, 0.05) is 42.1 Å². The van der Waals surface area contributed by atoms with Crippen LogP contribution in [0.2, 0.25) is 0 Å². The SMILES string of the molecule is Cc1scc(C(=O)N2CCN(c3ccccc3)CC2)c1C. The Balaban J connectivity index is 1.66. The first-order valence-corrected chi connectivity index (χ1v) is 8.19. The van der Waals surface area contributed by atoms with Crippen molar-refractivity contribution in [3.8, 4) is 0 Å². The lowest BCUT2D eigenvalue weighted by molar-refractivity contribution is 0.0746. The second-order valence-corrected chi connectivity index (χ2v) is 6.53. The first kappa shape index (κ1) is 14.1. The fourth-order valence-corrected chi connectivity index (χ4v) is 3.56. The molecule has 1 aromatic heterocycles. The van der Waals surface area contributed by atoms with Crippen molar-refractivity contribution in [2.75, 3.05) is 31.1 Å². The molecule has 1 aliphatic rings. The summed E-state index contributed by atoms with van der Waals surface area (Å²) in [7, 11) is 0. The molecule has 21 heavy (non-hydrogen) atoms. The number of anilines is 1. The molecule has 1 saturated heterocycles.